The largest absolute Gasteiger partial charge is 0.416 e. The van der Waals surface area contributed by atoms with Crippen LogP contribution in [0, 0.1) is 17.2 Å². The van der Waals surface area contributed by atoms with E-state index in [1.54, 1.807) is 35.6 Å². The van der Waals surface area contributed by atoms with Crippen molar-refractivity contribution in [3.05, 3.63) is 131 Å². The Kier molecular flexibility index (Phi) is 10.7. The Hall–Kier alpha value is -5.05. The zero-order chi connectivity index (χ0) is 33.4. The van der Waals surface area contributed by atoms with E-state index in [9.17, 15) is 18.0 Å². The van der Waals surface area contributed by atoms with Crippen LogP contribution in [-0.2, 0) is 30.5 Å². The van der Waals surface area contributed by atoms with Crippen LogP contribution in [0.4, 0.5) is 18.9 Å². The van der Waals surface area contributed by atoms with Crippen LogP contribution < -0.4 is 11.1 Å². The van der Waals surface area contributed by atoms with E-state index in [4.69, 9.17) is 23.2 Å². The number of ketones is 1. The molecule has 0 fully saturated rings. The highest BCUT2D eigenvalue weighted by molar-refractivity contribution is 7.80. The van der Waals surface area contributed by atoms with E-state index in [2.05, 4.69) is 16.4 Å². The summed E-state index contributed by atoms with van der Waals surface area (Å²) in [7, 11) is 0. The molecule has 11 heteroatoms. The highest BCUT2D eigenvalue weighted by atomic mass is 32.1. The average molecular weight is 655 g/mol. The van der Waals surface area contributed by atoms with Crippen molar-refractivity contribution in [2.75, 3.05) is 18.4 Å². The van der Waals surface area contributed by atoms with Crippen LogP contribution in [0.2, 0.25) is 0 Å². The van der Waals surface area contributed by atoms with Crippen molar-refractivity contribution in [2.45, 2.75) is 32.1 Å². The zero-order valence-corrected chi connectivity index (χ0v) is 26.3. The Morgan fingerprint density at radius 2 is 1.74 bits per heavy atom. The van der Waals surface area contributed by atoms with Crippen LogP contribution in [0.15, 0.2) is 104 Å². The van der Waals surface area contributed by atoms with E-state index in [0.29, 0.717) is 29.9 Å². The summed E-state index contributed by atoms with van der Waals surface area (Å²) in [5.41, 5.74) is 8.09. The number of carbonyl (C=O) groups excluding carboxylic acids is 1. The van der Waals surface area contributed by atoms with Gasteiger partial charge in [-0.25, -0.2) is 4.98 Å². The normalized spacial score (nSPS) is 12.0. The molecule has 0 radical (unpaired) electrons. The number of hydrogen-bond donors (Lipinski definition) is 2. The molecule has 1 aromatic heterocycles. The van der Waals surface area contributed by atoms with Gasteiger partial charge in [-0.3, -0.25) is 4.79 Å². The number of Topliss-reactive ketones (excluding diaryl/α,β-unsaturated/α-hetero) is 1. The highest BCUT2D eigenvalue weighted by Crippen LogP contribution is 2.33. The summed E-state index contributed by atoms with van der Waals surface area (Å²) < 4.78 is 43.8. The van der Waals surface area contributed by atoms with E-state index >= 15 is 0 Å². The quantitative estimate of drug-likeness (QED) is 0.141. The SMILES string of the molecule is N#Cc1ccc(Cn2cncc2CC(=O)[C@@H](CCN)CN(Cc2ccccc2C(F)(F)F)C(=S)Nc2ccc3ccccc3c2)cc1. The lowest BCUT2D eigenvalue weighted by Gasteiger charge is -2.30. The maximum atomic E-state index is 14.0. The number of halogens is 3. The molecular weight excluding hydrogens is 621 g/mol. The summed E-state index contributed by atoms with van der Waals surface area (Å²) in [6.45, 7) is 0.556. The maximum absolute atomic E-state index is 14.0. The fourth-order valence-corrected chi connectivity index (χ4v) is 5.75. The van der Waals surface area contributed by atoms with E-state index in [1.807, 2.05) is 59.2 Å². The van der Waals surface area contributed by atoms with E-state index < -0.39 is 17.7 Å². The minimum Gasteiger partial charge on any atom is -0.344 e. The number of aromatic nitrogens is 2. The summed E-state index contributed by atoms with van der Waals surface area (Å²) in [6, 6.07) is 28.1. The topological polar surface area (TPSA) is 100.0 Å². The third-order valence-corrected chi connectivity index (χ3v) is 8.33. The van der Waals surface area contributed by atoms with Gasteiger partial charge in [-0.1, -0.05) is 60.7 Å². The van der Waals surface area contributed by atoms with Gasteiger partial charge in [-0.2, -0.15) is 18.4 Å². The Morgan fingerprint density at radius 1 is 1.02 bits per heavy atom. The molecule has 0 aliphatic rings. The second kappa shape index (κ2) is 15.0. The number of fused-ring (bicyclic) bond motifs is 1. The number of thiocarbonyl (C=S) groups is 1. The molecule has 0 saturated carbocycles. The van der Waals surface area contributed by atoms with Gasteiger partial charge in [0.2, 0.25) is 0 Å². The van der Waals surface area contributed by atoms with Gasteiger partial charge in [0, 0.05) is 49.6 Å². The minimum atomic E-state index is -4.56. The van der Waals surface area contributed by atoms with Crippen LogP contribution >= 0.6 is 12.2 Å². The first-order chi connectivity index (χ1) is 22.6. The van der Waals surface area contributed by atoms with E-state index in [1.165, 1.54) is 12.1 Å². The lowest BCUT2D eigenvalue weighted by Crippen LogP contribution is -2.41. The molecule has 1 atom stereocenters. The highest BCUT2D eigenvalue weighted by Gasteiger charge is 2.34. The van der Waals surface area contributed by atoms with Gasteiger partial charge in [0.25, 0.3) is 0 Å². The minimum absolute atomic E-state index is 0.0436. The molecular formula is C36H33F3N6OS. The van der Waals surface area contributed by atoms with Gasteiger partial charge in [0.15, 0.2) is 5.11 Å². The standard InChI is InChI=1S/C36H33F3N6OS/c37-36(38,39)33-8-4-3-7-29(33)22-44(35(47)43-31-14-13-27-5-1-2-6-28(27)17-31)23-30(15-16-40)34(46)18-32-20-42-24-45(32)21-26-11-9-25(19-41)10-12-26/h1-14,17,20,24,30H,15-16,18,21-23,40H2,(H,43,47)/t30-/m0/s1. The summed E-state index contributed by atoms with van der Waals surface area (Å²) in [6.07, 6.45) is -0.918. The van der Waals surface area contributed by atoms with Crippen molar-refractivity contribution in [3.8, 4) is 6.07 Å². The monoisotopic (exact) mass is 654 g/mol. The predicted octanol–water partition coefficient (Wildman–Crippen LogP) is 6.95. The van der Waals surface area contributed by atoms with E-state index in [0.717, 1.165) is 22.4 Å². The molecule has 5 aromatic rings. The van der Waals surface area contributed by atoms with Crippen LogP contribution in [0.1, 0.15) is 34.4 Å². The number of imidazole rings is 1. The van der Waals surface area contributed by atoms with E-state index in [-0.39, 0.29) is 42.5 Å². The average Bonchev–Trinajstić information content (AvgIpc) is 3.50. The summed E-state index contributed by atoms with van der Waals surface area (Å²) in [4.78, 5) is 19.7. The molecule has 0 saturated heterocycles. The number of nitrogens with two attached hydrogens (primary N) is 1. The number of carbonyl (C=O) groups is 1. The number of benzene rings is 4. The van der Waals surface area contributed by atoms with Gasteiger partial charge in [0.1, 0.15) is 5.78 Å². The van der Waals surface area contributed by atoms with Gasteiger partial charge in [-0.15, -0.1) is 0 Å². The Balaban J connectivity index is 1.39. The Morgan fingerprint density at radius 3 is 2.47 bits per heavy atom. The van der Waals surface area contributed by atoms with Crippen LogP contribution in [0.25, 0.3) is 10.8 Å². The van der Waals surface area contributed by atoms with Crippen molar-refractivity contribution in [3.63, 3.8) is 0 Å². The summed E-state index contributed by atoms with van der Waals surface area (Å²) in [5, 5.41) is 14.5. The molecule has 0 aliphatic carbocycles. The lowest BCUT2D eigenvalue weighted by molar-refractivity contribution is -0.138. The van der Waals surface area contributed by atoms with Crippen LogP contribution in [-0.4, -0.2) is 38.4 Å². The third kappa shape index (κ3) is 8.61. The van der Waals surface area contributed by atoms with Gasteiger partial charge >= 0.3 is 6.18 Å². The first-order valence-electron chi connectivity index (χ1n) is 15.0. The van der Waals surface area contributed by atoms with Crippen LogP contribution in [0.5, 0.6) is 0 Å². The molecule has 0 aliphatic heterocycles. The molecule has 0 bridgehead atoms. The lowest BCUT2D eigenvalue weighted by atomic mass is 9.95. The molecule has 3 N–H and O–H groups in total. The smallest absolute Gasteiger partial charge is 0.344 e. The van der Waals surface area contributed by atoms with Crippen molar-refractivity contribution >= 4 is 39.6 Å². The molecule has 0 spiro atoms. The first kappa shape index (κ1) is 33.3. The number of rotatable bonds is 12. The number of nitriles is 1. The van der Waals surface area contributed by atoms with Crippen molar-refractivity contribution < 1.29 is 18.0 Å². The second-order valence-electron chi connectivity index (χ2n) is 11.3. The van der Waals surface area contributed by atoms with Crippen LogP contribution in [0.3, 0.4) is 0 Å². The van der Waals surface area contributed by atoms with Crippen molar-refractivity contribution in [1.82, 2.24) is 14.5 Å². The molecule has 7 nitrogen and oxygen atoms in total. The number of hydrogen-bond acceptors (Lipinski definition) is 5. The number of nitrogens with one attached hydrogen (secondary N) is 1. The number of anilines is 1. The van der Waals surface area contributed by atoms with Gasteiger partial charge in [-0.05, 0) is 77.4 Å². The maximum Gasteiger partial charge on any atom is 0.416 e. The van der Waals surface area contributed by atoms with Crippen molar-refractivity contribution in [1.29, 1.82) is 5.26 Å². The molecule has 4 aromatic carbocycles. The number of alkyl halides is 3. The zero-order valence-electron chi connectivity index (χ0n) is 25.5. The van der Waals surface area contributed by atoms with Crippen molar-refractivity contribution in [2.24, 2.45) is 11.7 Å². The van der Waals surface area contributed by atoms with Gasteiger partial charge < -0.3 is 20.5 Å². The molecule has 5 rings (SSSR count). The first-order valence-corrected chi connectivity index (χ1v) is 15.5. The molecule has 0 unspecified atom stereocenters. The third-order valence-electron chi connectivity index (χ3n) is 7.97. The fourth-order valence-electron chi connectivity index (χ4n) is 5.49. The van der Waals surface area contributed by atoms with Gasteiger partial charge in [0.05, 0.1) is 23.5 Å². The number of nitrogens with zero attached hydrogens (tertiary/aromatic N) is 4. The Bertz CT molecular complexity index is 1900. The Labute approximate surface area is 276 Å². The second-order valence-corrected chi connectivity index (χ2v) is 11.7. The summed E-state index contributed by atoms with van der Waals surface area (Å²) in [5.74, 6) is -0.743. The summed E-state index contributed by atoms with van der Waals surface area (Å²) >= 11 is 5.79. The molecule has 240 valence electrons. The predicted molar refractivity (Wildman–Crippen MR) is 180 cm³/mol. The molecule has 0 amide bonds. The molecule has 47 heavy (non-hydrogen) atoms. The molecule has 1 heterocycles. The fraction of sp³-hybridized carbons (Fsp3) is 0.222.